The molecule has 0 bridgehead atoms. The fourth-order valence-corrected chi connectivity index (χ4v) is 3.00. The molecular formula is C17H22N4O2. The minimum absolute atomic E-state index is 0.00950. The second-order valence-corrected chi connectivity index (χ2v) is 5.83. The first kappa shape index (κ1) is 15.6. The minimum Gasteiger partial charge on any atom is -0.497 e. The van der Waals surface area contributed by atoms with Crippen LogP contribution in [0.1, 0.15) is 24.6 Å². The second kappa shape index (κ2) is 7.28. The molecule has 1 aromatic carbocycles. The largest absolute Gasteiger partial charge is 0.497 e. The van der Waals surface area contributed by atoms with E-state index < -0.39 is 0 Å². The van der Waals surface area contributed by atoms with E-state index >= 15 is 0 Å². The molecule has 3 rings (SSSR count). The quantitative estimate of drug-likeness (QED) is 0.888. The number of likely N-dealkylation sites (tertiary alicyclic amines) is 1. The van der Waals surface area contributed by atoms with Crippen molar-refractivity contribution in [2.75, 3.05) is 32.1 Å². The van der Waals surface area contributed by atoms with Crippen LogP contribution in [-0.4, -0.2) is 47.5 Å². The number of H-pyrrole nitrogens is 1. The van der Waals surface area contributed by atoms with E-state index in [4.69, 9.17) is 4.74 Å². The number of rotatable bonds is 5. The molecule has 6 heteroatoms. The van der Waals surface area contributed by atoms with Gasteiger partial charge in [-0.3, -0.25) is 9.69 Å². The van der Waals surface area contributed by atoms with Crippen LogP contribution in [0.2, 0.25) is 0 Å². The SMILES string of the molecule is COc1ccc(NC(=O)CN2CCC[C@H](c3ncc[nH]3)C2)cc1. The number of hydrogen-bond acceptors (Lipinski definition) is 4. The summed E-state index contributed by atoms with van der Waals surface area (Å²) < 4.78 is 5.11. The van der Waals surface area contributed by atoms with Crippen LogP contribution in [0.4, 0.5) is 5.69 Å². The van der Waals surface area contributed by atoms with Crippen molar-refractivity contribution in [1.29, 1.82) is 0 Å². The van der Waals surface area contributed by atoms with Gasteiger partial charge in [-0.15, -0.1) is 0 Å². The van der Waals surface area contributed by atoms with Crippen molar-refractivity contribution in [3.05, 3.63) is 42.5 Å². The van der Waals surface area contributed by atoms with Crippen LogP contribution in [0.25, 0.3) is 0 Å². The summed E-state index contributed by atoms with van der Waals surface area (Å²) >= 11 is 0. The number of amides is 1. The number of aromatic amines is 1. The Morgan fingerprint density at radius 3 is 2.96 bits per heavy atom. The van der Waals surface area contributed by atoms with Gasteiger partial charge in [-0.2, -0.15) is 0 Å². The monoisotopic (exact) mass is 314 g/mol. The number of carbonyl (C=O) groups is 1. The molecule has 1 atom stereocenters. The summed E-state index contributed by atoms with van der Waals surface area (Å²) in [5.41, 5.74) is 0.787. The molecule has 0 spiro atoms. The third kappa shape index (κ3) is 4.10. The summed E-state index contributed by atoms with van der Waals surface area (Å²) in [4.78, 5) is 21.9. The van der Waals surface area contributed by atoms with E-state index in [9.17, 15) is 4.79 Å². The highest BCUT2D eigenvalue weighted by Gasteiger charge is 2.24. The minimum atomic E-state index is 0.00950. The molecule has 1 amide bonds. The Morgan fingerprint density at radius 2 is 2.26 bits per heavy atom. The fraction of sp³-hybridized carbons (Fsp3) is 0.412. The molecule has 1 saturated heterocycles. The number of nitrogens with one attached hydrogen (secondary N) is 2. The lowest BCUT2D eigenvalue weighted by Crippen LogP contribution is -2.40. The predicted molar refractivity (Wildman–Crippen MR) is 88.6 cm³/mol. The van der Waals surface area contributed by atoms with Crippen molar-refractivity contribution in [3.63, 3.8) is 0 Å². The van der Waals surface area contributed by atoms with E-state index in [-0.39, 0.29) is 5.91 Å². The number of hydrogen-bond donors (Lipinski definition) is 2. The molecule has 1 aliphatic rings. The number of aromatic nitrogens is 2. The molecule has 1 aliphatic heterocycles. The van der Waals surface area contributed by atoms with E-state index in [0.717, 1.165) is 43.2 Å². The molecule has 122 valence electrons. The molecule has 2 heterocycles. The van der Waals surface area contributed by atoms with Gasteiger partial charge in [0.1, 0.15) is 11.6 Å². The van der Waals surface area contributed by atoms with Crippen molar-refractivity contribution >= 4 is 11.6 Å². The van der Waals surface area contributed by atoms with Crippen LogP contribution in [-0.2, 0) is 4.79 Å². The normalized spacial score (nSPS) is 18.6. The molecule has 0 unspecified atom stereocenters. The second-order valence-electron chi connectivity index (χ2n) is 5.83. The van der Waals surface area contributed by atoms with Gasteiger partial charge in [0.25, 0.3) is 0 Å². The smallest absolute Gasteiger partial charge is 0.238 e. The number of ether oxygens (including phenoxy) is 1. The van der Waals surface area contributed by atoms with Crippen molar-refractivity contribution in [2.45, 2.75) is 18.8 Å². The van der Waals surface area contributed by atoms with Crippen LogP contribution in [0, 0.1) is 0 Å². The summed E-state index contributed by atoms with van der Waals surface area (Å²) in [6.07, 6.45) is 5.83. The number of benzene rings is 1. The van der Waals surface area contributed by atoms with Crippen LogP contribution >= 0.6 is 0 Å². The number of piperidine rings is 1. The first-order chi connectivity index (χ1) is 11.2. The summed E-state index contributed by atoms with van der Waals surface area (Å²) in [7, 11) is 1.62. The molecule has 6 nitrogen and oxygen atoms in total. The Balaban J connectivity index is 1.52. The predicted octanol–water partition coefficient (Wildman–Crippen LogP) is 2.24. The molecule has 0 aliphatic carbocycles. The van der Waals surface area contributed by atoms with Gasteiger partial charge in [-0.05, 0) is 43.7 Å². The molecule has 2 aromatic rings. The van der Waals surface area contributed by atoms with E-state index in [1.165, 1.54) is 0 Å². The average molecular weight is 314 g/mol. The third-order valence-corrected chi connectivity index (χ3v) is 4.15. The summed E-state index contributed by atoms with van der Waals surface area (Å²) in [5, 5.41) is 2.93. The Labute approximate surface area is 135 Å². The maximum atomic E-state index is 12.2. The zero-order valence-corrected chi connectivity index (χ0v) is 13.3. The van der Waals surface area contributed by atoms with E-state index in [2.05, 4.69) is 20.2 Å². The Bertz CT molecular complexity index is 625. The van der Waals surface area contributed by atoms with Crippen molar-refractivity contribution in [1.82, 2.24) is 14.9 Å². The maximum Gasteiger partial charge on any atom is 0.238 e. The first-order valence-electron chi connectivity index (χ1n) is 7.90. The summed E-state index contributed by atoms with van der Waals surface area (Å²) in [6, 6.07) is 7.37. The fourth-order valence-electron chi connectivity index (χ4n) is 3.00. The summed E-state index contributed by atoms with van der Waals surface area (Å²) in [6.45, 7) is 2.22. The van der Waals surface area contributed by atoms with Gasteiger partial charge in [0.15, 0.2) is 0 Å². The van der Waals surface area contributed by atoms with Gasteiger partial charge in [-0.1, -0.05) is 0 Å². The van der Waals surface area contributed by atoms with Crippen molar-refractivity contribution in [2.24, 2.45) is 0 Å². The van der Waals surface area contributed by atoms with Gasteiger partial charge < -0.3 is 15.0 Å². The number of nitrogens with zero attached hydrogens (tertiary/aromatic N) is 2. The molecule has 2 N–H and O–H groups in total. The first-order valence-corrected chi connectivity index (χ1v) is 7.90. The van der Waals surface area contributed by atoms with Crippen LogP contribution in [0.15, 0.2) is 36.7 Å². The molecule has 0 saturated carbocycles. The zero-order chi connectivity index (χ0) is 16.1. The average Bonchev–Trinajstić information content (AvgIpc) is 3.10. The van der Waals surface area contributed by atoms with Crippen LogP contribution < -0.4 is 10.1 Å². The zero-order valence-electron chi connectivity index (χ0n) is 13.3. The highest BCUT2D eigenvalue weighted by molar-refractivity contribution is 5.92. The van der Waals surface area contributed by atoms with Crippen molar-refractivity contribution in [3.8, 4) is 5.75 Å². The standard InChI is InChI=1S/C17H22N4O2/c1-23-15-6-4-14(5-7-15)20-16(22)12-21-10-2-3-13(11-21)17-18-8-9-19-17/h4-9,13H,2-3,10-12H2,1H3,(H,18,19)(H,20,22)/t13-/m0/s1. The lowest BCUT2D eigenvalue weighted by molar-refractivity contribution is -0.117. The van der Waals surface area contributed by atoms with Gasteiger partial charge >= 0.3 is 0 Å². The highest BCUT2D eigenvalue weighted by atomic mass is 16.5. The van der Waals surface area contributed by atoms with Crippen molar-refractivity contribution < 1.29 is 9.53 Å². The van der Waals surface area contributed by atoms with E-state index in [0.29, 0.717) is 12.5 Å². The number of imidazole rings is 1. The Morgan fingerprint density at radius 1 is 1.43 bits per heavy atom. The topological polar surface area (TPSA) is 70.2 Å². The van der Waals surface area contributed by atoms with E-state index in [1.807, 2.05) is 30.5 Å². The summed E-state index contributed by atoms with van der Waals surface area (Å²) in [5.74, 6) is 2.19. The molecule has 1 fully saturated rings. The van der Waals surface area contributed by atoms with Gasteiger partial charge in [0, 0.05) is 30.5 Å². The van der Waals surface area contributed by atoms with Crippen LogP contribution in [0.3, 0.4) is 0 Å². The molecule has 0 radical (unpaired) electrons. The lowest BCUT2D eigenvalue weighted by atomic mass is 9.97. The molecular weight excluding hydrogens is 292 g/mol. The maximum absolute atomic E-state index is 12.2. The van der Waals surface area contributed by atoms with Gasteiger partial charge in [-0.25, -0.2) is 4.98 Å². The van der Waals surface area contributed by atoms with Gasteiger partial charge in [0.05, 0.1) is 13.7 Å². The Kier molecular flexibility index (Phi) is 4.92. The highest BCUT2D eigenvalue weighted by Crippen LogP contribution is 2.24. The van der Waals surface area contributed by atoms with Gasteiger partial charge in [0.2, 0.25) is 5.91 Å². The Hall–Kier alpha value is -2.34. The number of carbonyl (C=O) groups excluding carboxylic acids is 1. The number of anilines is 1. The molecule has 23 heavy (non-hydrogen) atoms. The van der Waals surface area contributed by atoms with E-state index in [1.54, 1.807) is 13.3 Å². The lowest BCUT2D eigenvalue weighted by Gasteiger charge is -2.31. The third-order valence-electron chi connectivity index (χ3n) is 4.15. The van der Waals surface area contributed by atoms with Crippen LogP contribution in [0.5, 0.6) is 5.75 Å². The number of methoxy groups -OCH3 is 1. The molecule has 1 aromatic heterocycles.